The molecule has 33 heavy (non-hydrogen) atoms. The first-order valence-electron chi connectivity index (χ1n) is 11.3. The highest BCUT2D eigenvalue weighted by Crippen LogP contribution is 2.34. The summed E-state index contributed by atoms with van der Waals surface area (Å²) in [4.78, 5) is 27.1. The summed E-state index contributed by atoms with van der Waals surface area (Å²) in [5.74, 6) is 0.848. The lowest BCUT2D eigenvalue weighted by Crippen LogP contribution is -2.41. The van der Waals surface area contributed by atoms with Gasteiger partial charge in [0, 0.05) is 24.2 Å². The predicted octanol–water partition coefficient (Wildman–Crippen LogP) is 4.92. The lowest BCUT2D eigenvalue weighted by atomic mass is 10.0. The molecule has 1 aromatic heterocycles. The predicted molar refractivity (Wildman–Crippen MR) is 134 cm³/mol. The van der Waals surface area contributed by atoms with Crippen molar-refractivity contribution in [2.45, 2.75) is 39.7 Å². The van der Waals surface area contributed by atoms with Gasteiger partial charge in [-0.25, -0.2) is 4.79 Å². The maximum Gasteiger partial charge on any atom is 0.338 e. The molecule has 0 aliphatic carbocycles. The molecule has 3 rings (SSSR count). The van der Waals surface area contributed by atoms with E-state index < -0.39 is 5.63 Å². The minimum absolute atomic E-state index is 0.0962. The van der Waals surface area contributed by atoms with Crippen LogP contribution in [0.5, 0.6) is 5.75 Å². The largest absolute Gasteiger partial charge is 0.495 e. The first-order chi connectivity index (χ1) is 15.8. The van der Waals surface area contributed by atoms with Gasteiger partial charge in [-0.2, -0.15) is 0 Å². The van der Waals surface area contributed by atoms with E-state index in [0.717, 1.165) is 30.5 Å². The number of carbonyl (C=O) groups excluding carboxylic acids is 1. The van der Waals surface area contributed by atoms with Crippen LogP contribution >= 0.6 is 0 Å². The Hall–Kier alpha value is -3.32. The minimum atomic E-state index is -0.420. The molecule has 0 saturated heterocycles. The molecule has 3 aromatic rings. The lowest BCUT2D eigenvalue weighted by molar-refractivity contribution is -0.118. The van der Waals surface area contributed by atoms with Gasteiger partial charge in [0.25, 0.3) is 0 Å². The van der Waals surface area contributed by atoms with Gasteiger partial charge in [-0.15, -0.1) is 0 Å². The van der Waals surface area contributed by atoms with Crippen molar-refractivity contribution in [3.8, 4) is 5.75 Å². The maximum absolute atomic E-state index is 13.1. The Kier molecular flexibility index (Phi) is 8.11. The zero-order valence-corrected chi connectivity index (χ0v) is 20.0. The lowest BCUT2D eigenvalue weighted by Gasteiger charge is -2.24. The van der Waals surface area contributed by atoms with Gasteiger partial charge in [0.15, 0.2) is 0 Å². The number of anilines is 3. The SMILES string of the molecule is CCCNC(CC(C)C)C(=O)Nc1cc(N(C)c2cc(=O)oc3ccccc23)ccc1OC. The molecule has 0 spiro atoms. The minimum Gasteiger partial charge on any atom is -0.495 e. The molecule has 0 saturated carbocycles. The Morgan fingerprint density at radius 3 is 2.61 bits per heavy atom. The van der Waals surface area contributed by atoms with E-state index in [2.05, 4.69) is 31.4 Å². The van der Waals surface area contributed by atoms with Crippen molar-refractivity contribution in [3.63, 3.8) is 0 Å². The summed E-state index contributed by atoms with van der Waals surface area (Å²) in [6.07, 6.45) is 1.68. The Morgan fingerprint density at radius 1 is 1.15 bits per heavy atom. The van der Waals surface area contributed by atoms with Crippen LogP contribution in [0.25, 0.3) is 11.0 Å². The summed E-state index contributed by atoms with van der Waals surface area (Å²) in [5.41, 5.74) is 2.19. The number of fused-ring (bicyclic) bond motifs is 1. The van der Waals surface area contributed by atoms with E-state index in [-0.39, 0.29) is 11.9 Å². The third-order valence-corrected chi connectivity index (χ3v) is 5.48. The van der Waals surface area contributed by atoms with Gasteiger partial charge in [-0.1, -0.05) is 32.9 Å². The summed E-state index contributed by atoms with van der Waals surface area (Å²) in [6.45, 7) is 7.05. The van der Waals surface area contributed by atoms with Crippen LogP contribution in [0.3, 0.4) is 0 Å². The van der Waals surface area contributed by atoms with Crippen LogP contribution < -0.4 is 25.9 Å². The van der Waals surface area contributed by atoms with Gasteiger partial charge < -0.3 is 24.7 Å². The average molecular weight is 452 g/mol. The van der Waals surface area contributed by atoms with Crippen molar-refractivity contribution < 1.29 is 13.9 Å². The molecule has 1 unspecified atom stereocenters. The Labute approximate surface area is 194 Å². The van der Waals surface area contributed by atoms with Gasteiger partial charge in [0.05, 0.1) is 24.5 Å². The van der Waals surface area contributed by atoms with Crippen LogP contribution in [-0.4, -0.2) is 32.7 Å². The van der Waals surface area contributed by atoms with Crippen molar-refractivity contribution >= 4 is 33.9 Å². The van der Waals surface area contributed by atoms with Crippen molar-refractivity contribution in [3.05, 3.63) is 59.0 Å². The van der Waals surface area contributed by atoms with Crippen LogP contribution in [-0.2, 0) is 4.79 Å². The molecular weight excluding hydrogens is 418 g/mol. The molecule has 0 radical (unpaired) electrons. The molecule has 176 valence electrons. The van der Waals surface area contributed by atoms with Crippen LogP contribution in [0.1, 0.15) is 33.6 Å². The molecular formula is C26H33N3O4. The van der Waals surface area contributed by atoms with Crippen LogP contribution in [0.15, 0.2) is 57.7 Å². The fraction of sp³-hybridized carbons (Fsp3) is 0.385. The fourth-order valence-electron chi connectivity index (χ4n) is 3.81. The van der Waals surface area contributed by atoms with Gasteiger partial charge in [0.2, 0.25) is 5.91 Å². The first kappa shape index (κ1) is 24.3. The number of hydrogen-bond acceptors (Lipinski definition) is 6. The summed E-state index contributed by atoms with van der Waals surface area (Å²) in [6, 6.07) is 14.1. The number of rotatable bonds is 10. The van der Waals surface area contributed by atoms with Crippen molar-refractivity contribution in [1.29, 1.82) is 0 Å². The number of methoxy groups -OCH3 is 1. The zero-order chi connectivity index (χ0) is 24.0. The standard InChI is InChI=1S/C26H33N3O4/c1-6-13-27-21(14-17(2)3)26(31)28-20-15-18(11-12-24(20)32-5)29(4)22-16-25(30)33-23-10-8-7-9-19(22)23/h7-12,15-17,21,27H,6,13-14H2,1-5H3,(H,28,31). The van der Waals surface area contributed by atoms with E-state index in [1.54, 1.807) is 13.2 Å². The molecule has 0 aliphatic rings. The fourth-order valence-corrected chi connectivity index (χ4v) is 3.81. The second kappa shape index (κ2) is 11.0. The third kappa shape index (κ3) is 5.93. The highest BCUT2D eigenvalue weighted by Gasteiger charge is 2.21. The number of hydrogen-bond donors (Lipinski definition) is 2. The molecule has 2 aromatic carbocycles. The number of carbonyl (C=O) groups is 1. The van der Waals surface area contributed by atoms with E-state index in [9.17, 15) is 9.59 Å². The van der Waals surface area contributed by atoms with E-state index in [1.165, 1.54) is 6.07 Å². The maximum atomic E-state index is 13.1. The van der Waals surface area contributed by atoms with Crippen molar-refractivity contribution in [1.82, 2.24) is 5.32 Å². The van der Waals surface area contributed by atoms with Crippen LogP contribution in [0, 0.1) is 5.92 Å². The highest BCUT2D eigenvalue weighted by atomic mass is 16.5. The molecule has 1 amide bonds. The summed E-state index contributed by atoms with van der Waals surface area (Å²) in [7, 11) is 3.45. The normalized spacial score (nSPS) is 12.1. The third-order valence-electron chi connectivity index (χ3n) is 5.48. The Morgan fingerprint density at radius 2 is 1.91 bits per heavy atom. The molecule has 0 bridgehead atoms. The highest BCUT2D eigenvalue weighted by molar-refractivity contribution is 5.97. The second-order valence-corrected chi connectivity index (χ2v) is 8.52. The number of benzene rings is 2. The van der Waals surface area contributed by atoms with Crippen molar-refractivity contribution in [2.24, 2.45) is 5.92 Å². The topological polar surface area (TPSA) is 83.8 Å². The quantitative estimate of drug-likeness (QED) is 0.426. The molecule has 7 heteroatoms. The van der Waals surface area contributed by atoms with Gasteiger partial charge in [-0.3, -0.25) is 4.79 Å². The average Bonchev–Trinajstić information content (AvgIpc) is 2.80. The number of nitrogens with zero attached hydrogens (tertiary/aromatic N) is 1. The monoisotopic (exact) mass is 451 g/mol. The summed E-state index contributed by atoms with van der Waals surface area (Å²) in [5, 5.41) is 7.20. The summed E-state index contributed by atoms with van der Waals surface area (Å²) < 4.78 is 10.8. The number of ether oxygens (including phenoxy) is 1. The zero-order valence-electron chi connectivity index (χ0n) is 20.0. The Balaban J connectivity index is 1.94. The van der Waals surface area contributed by atoms with Gasteiger partial charge >= 0.3 is 5.63 Å². The molecule has 1 atom stereocenters. The van der Waals surface area contributed by atoms with Gasteiger partial charge in [-0.05, 0) is 55.6 Å². The molecule has 0 fully saturated rings. The number of para-hydroxylation sites is 1. The first-order valence-corrected chi connectivity index (χ1v) is 11.3. The Bertz CT molecular complexity index is 1160. The van der Waals surface area contributed by atoms with E-state index >= 15 is 0 Å². The van der Waals surface area contributed by atoms with E-state index in [1.807, 2.05) is 48.3 Å². The van der Waals surface area contributed by atoms with Crippen molar-refractivity contribution in [2.75, 3.05) is 30.9 Å². The molecule has 2 N–H and O–H groups in total. The molecule has 7 nitrogen and oxygen atoms in total. The number of amides is 1. The molecule has 1 heterocycles. The van der Waals surface area contributed by atoms with E-state index in [4.69, 9.17) is 9.15 Å². The molecule has 0 aliphatic heterocycles. The van der Waals surface area contributed by atoms with Crippen LogP contribution in [0.4, 0.5) is 17.1 Å². The van der Waals surface area contributed by atoms with Gasteiger partial charge in [0.1, 0.15) is 11.3 Å². The summed E-state index contributed by atoms with van der Waals surface area (Å²) >= 11 is 0. The van der Waals surface area contributed by atoms with Crippen LogP contribution in [0.2, 0.25) is 0 Å². The second-order valence-electron chi connectivity index (χ2n) is 8.52. The number of nitrogens with one attached hydrogen (secondary N) is 2. The smallest absolute Gasteiger partial charge is 0.338 e. The van der Waals surface area contributed by atoms with E-state index in [0.29, 0.717) is 28.6 Å².